The van der Waals surface area contributed by atoms with Gasteiger partial charge in [0.1, 0.15) is 18.0 Å². The van der Waals surface area contributed by atoms with Crippen molar-refractivity contribution in [1.82, 2.24) is 15.0 Å². The molecule has 12 heteroatoms. The summed E-state index contributed by atoms with van der Waals surface area (Å²) < 4.78 is 33.6. The first kappa shape index (κ1) is 30.3. The SMILES string of the molecule is CC(C)(C)OC(=O)N(CC(=O)O)c1cccc(C(N)(Cc2ccc(-c3ccccn3)cc2)S(=O)(=O)c2cccnc2)n1. The predicted octanol–water partition coefficient (Wildman–Crippen LogP) is 4.19. The van der Waals surface area contributed by atoms with E-state index in [9.17, 15) is 23.1 Å². The molecule has 1 amide bonds. The Hall–Kier alpha value is -4.68. The maximum Gasteiger partial charge on any atom is 0.416 e. The number of nitrogens with two attached hydrogens (primary N) is 1. The third-order valence-corrected chi connectivity index (χ3v) is 8.33. The van der Waals surface area contributed by atoms with Crippen molar-refractivity contribution in [3.63, 3.8) is 0 Å². The monoisotopic (exact) mass is 589 g/mol. The minimum Gasteiger partial charge on any atom is -0.480 e. The number of hydrogen-bond donors (Lipinski definition) is 2. The Bertz CT molecular complexity index is 1660. The number of carbonyl (C=O) groups is 2. The normalized spacial score (nSPS) is 13.1. The minimum absolute atomic E-state index is 0.100. The van der Waals surface area contributed by atoms with Crippen LogP contribution in [0.3, 0.4) is 0 Å². The molecule has 1 atom stereocenters. The Morgan fingerprint density at radius 2 is 1.69 bits per heavy atom. The van der Waals surface area contributed by atoms with Gasteiger partial charge < -0.3 is 15.6 Å². The largest absolute Gasteiger partial charge is 0.480 e. The van der Waals surface area contributed by atoms with Crippen LogP contribution in [0.2, 0.25) is 0 Å². The zero-order chi connectivity index (χ0) is 30.5. The second-order valence-electron chi connectivity index (χ2n) is 10.5. The molecule has 0 saturated heterocycles. The zero-order valence-corrected chi connectivity index (χ0v) is 24.2. The smallest absolute Gasteiger partial charge is 0.416 e. The van der Waals surface area contributed by atoms with Gasteiger partial charge in [-0.15, -0.1) is 0 Å². The maximum atomic E-state index is 14.1. The highest BCUT2D eigenvalue weighted by Gasteiger charge is 2.45. The Kier molecular flexibility index (Phi) is 8.69. The summed E-state index contributed by atoms with van der Waals surface area (Å²) in [5.74, 6) is -1.45. The first-order valence-electron chi connectivity index (χ1n) is 12.9. The maximum absolute atomic E-state index is 14.1. The molecule has 3 aromatic heterocycles. The number of carboxylic acids is 1. The number of nitrogens with zero attached hydrogens (tertiary/aromatic N) is 4. The van der Waals surface area contributed by atoms with E-state index in [-0.39, 0.29) is 22.8 Å². The molecule has 0 spiro atoms. The minimum atomic E-state index is -4.34. The van der Waals surface area contributed by atoms with Gasteiger partial charge in [0.25, 0.3) is 0 Å². The van der Waals surface area contributed by atoms with E-state index in [2.05, 4.69) is 15.0 Å². The molecule has 0 aliphatic carbocycles. The van der Waals surface area contributed by atoms with Crippen molar-refractivity contribution in [1.29, 1.82) is 0 Å². The number of ether oxygens (including phenoxy) is 1. The Morgan fingerprint density at radius 3 is 2.29 bits per heavy atom. The van der Waals surface area contributed by atoms with Crippen LogP contribution in [0.1, 0.15) is 32.0 Å². The number of rotatable bonds is 9. The van der Waals surface area contributed by atoms with Crippen molar-refractivity contribution >= 4 is 27.7 Å². The summed E-state index contributed by atoms with van der Waals surface area (Å²) in [6.45, 7) is 4.14. The van der Waals surface area contributed by atoms with E-state index in [4.69, 9.17) is 10.5 Å². The summed E-state index contributed by atoms with van der Waals surface area (Å²) in [6.07, 6.45) is 3.16. The number of carboxylic acid groups (broad SMARTS) is 1. The molecule has 3 N–H and O–H groups in total. The van der Waals surface area contributed by atoms with E-state index in [0.717, 1.165) is 16.2 Å². The molecular weight excluding hydrogens is 558 g/mol. The van der Waals surface area contributed by atoms with Gasteiger partial charge in [0.05, 0.1) is 16.3 Å². The molecule has 1 unspecified atom stereocenters. The quantitative estimate of drug-likeness (QED) is 0.289. The number of carbonyl (C=O) groups excluding carboxylic acids is 1. The molecule has 218 valence electrons. The van der Waals surface area contributed by atoms with Crippen LogP contribution in [-0.2, 0) is 30.7 Å². The molecule has 0 aliphatic rings. The molecule has 1 aromatic carbocycles. The highest BCUT2D eigenvalue weighted by Crippen LogP contribution is 2.34. The Balaban J connectivity index is 1.81. The number of aromatic nitrogens is 3. The summed E-state index contributed by atoms with van der Waals surface area (Å²) in [6, 6.07) is 19.8. The average molecular weight is 590 g/mol. The zero-order valence-electron chi connectivity index (χ0n) is 23.3. The second kappa shape index (κ2) is 12.0. The van der Waals surface area contributed by atoms with Gasteiger partial charge in [0.15, 0.2) is 4.87 Å². The van der Waals surface area contributed by atoms with Crippen molar-refractivity contribution < 1.29 is 27.9 Å². The summed E-state index contributed by atoms with van der Waals surface area (Å²) in [5, 5.41) is 9.49. The van der Waals surface area contributed by atoms with Crippen LogP contribution in [0.15, 0.2) is 96.3 Å². The van der Waals surface area contributed by atoms with Gasteiger partial charge in [-0.25, -0.2) is 18.2 Å². The number of benzene rings is 1. The summed E-state index contributed by atoms with van der Waals surface area (Å²) >= 11 is 0. The summed E-state index contributed by atoms with van der Waals surface area (Å²) in [5.41, 5.74) is 7.97. The lowest BCUT2D eigenvalue weighted by molar-refractivity contribution is -0.135. The highest BCUT2D eigenvalue weighted by molar-refractivity contribution is 7.92. The first-order chi connectivity index (χ1) is 19.8. The van der Waals surface area contributed by atoms with Crippen LogP contribution in [-0.4, -0.2) is 52.7 Å². The van der Waals surface area contributed by atoms with Crippen LogP contribution < -0.4 is 10.6 Å². The van der Waals surface area contributed by atoms with Crippen LogP contribution in [0.5, 0.6) is 0 Å². The van der Waals surface area contributed by atoms with Gasteiger partial charge in [0, 0.05) is 30.6 Å². The predicted molar refractivity (Wildman–Crippen MR) is 156 cm³/mol. The first-order valence-corrected chi connectivity index (χ1v) is 14.4. The molecule has 11 nitrogen and oxygen atoms in total. The fourth-order valence-corrected chi connectivity index (χ4v) is 5.79. The third-order valence-electron chi connectivity index (χ3n) is 6.16. The van der Waals surface area contributed by atoms with E-state index >= 15 is 0 Å². The third kappa shape index (κ3) is 6.78. The van der Waals surface area contributed by atoms with Gasteiger partial charge in [-0.3, -0.25) is 19.7 Å². The van der Waals surface area contributed by atoms with Crippen molar-refractivity contribution in [3.8, 4) is 11.3 Å². The van der Waals surface area contributed by atoms with E-state index in [1.165, 1.54) is 42.7 Å². The van der Waals surface area contributed by atoms with Crippen molar-refractivity contribution in [3.05, 3.63) is 103 Å². The van der Waals surface area contributed by atoms with E-state index in [1.807, 2.05) is 30.3 Å². The Labute approximate surface area is 244 Å². The number of amides is 1. The van der Waals surface area contributed by atoms with Gasteiger partial charge in [-0.1, -0.05) is 36.4 Å². The van der Waals surface area contributed by atoms with Crippen LogP contribution in [0, 0.1) is 0 Å². The fourth-order valence-electron chi connectivity index (χ4n) is 4.17. The lowest BCUT2D eigenvalue weighted by Gasteiger charge is -2.30. The van der Waals surface area contributed by atoms with E-state index in [0.29, 0.717) is 5.56 Å². The van der Waals surface area contributed by atoms with Gasteiger partial charge >= 0.3 is 12.1 Å². The van der Waals surface area contributed by atoms with Crippen molar-refractivity contribution in [2.75, 3.05) is 11.4 Å². The molecular formula is C30H31N5O6S. The molecule has 0 bridgehead atoms. The Morgan fingerprint density at radius 1 is 0.952 bits per heavy atom. The molecule has 0 saturated carbocycles. The van der Waals surface area contributed by atoms with Crippen LogP contribution in [0.25, 0.3) is 11.3 Å². The van der Waals surface area contributed by atoms with Gasteiger partial charge in [0.2, 0.25) is 9.84 Å². The molecule has 4 aromatic rings. The van der Waals surface area contributed by atoms with E-state index in [1.54, 1.807) is 39.1 Å². The number of pyridine rings is 3. The van der Waals surface area contributed by atoms with Crippen LogP contribution >= 0.6 is 0 Å². The number of anilines is 1. The van der Waals surface area contributed by atoms with Crippen LogP contribution in [0.4, 0.5) is 10.6 Å². The molecule has 42 heavy (non-hydrogen) atoms. The number of sulfone groups is 1. The average Bonchev–Trinajstić information content (AvgIpc) is 2.96. The van der Waals surface area contributed by atoms with Gasteiger partial charge in [-0.05, 0) is 62.7 Å². The van der Waals surface area contributed by atoms with E-state index < -0.39 is 38.9 Å². The fraction of sp³-hybridized carbons (Fsp3) is 0.233. The molecule has 4 rings (SSSR count). The number of aliphatic carboxylic acids is 1. The van der Waals surface area contributed by atoms with Crippen molar-refractivity contribution in [2.45, 2.75) is 42.6 Å². The van der Waals surface area contributed by atoms with Crippen molar-refractivity contribution in [2.24, 2.45) is 5.73 Å². The van der Waals surface area contributed by atoms with Gasteiger partial charge in [-0.2, -0.15) is 0 Å². The summed E-state index contributed by atoms with van der Waals surface area (Å²) in [4.78, 5) is 35.9. The topological polar surface area (TPSA) is 166 Å². The lowest BCUT2D eigenvalue weighted by atomic mass is 10.0. The molecule has 0 aliphatic heterocycles. The lowest BCUT2D eigenvalue weighted by Crippen LogP contribution is -2.48. The highest BCUT2D eigenvalue weighted by atomic mass is 32.2. The molecule has 3 heterocycles. The second-order valence-corrected chi connectivity index (χ2v) is 12.7. The summed E-state index contributed by atoms with van der Waals surface area (Å²) in [7, 11) is -4.34. The standard InChI is InChI=1S/C30H31N5O6S/c1-29(2,3)41-28(38)35(20-27(36)37)26-11-6-10-25(34-26)30(31,42(39,40)23-8-7-16-32-19-23)18-21-12-14-22(15-13-21)24-9-4-5-17-33-24/h4-17,19H,18,20,31H2,1-3H3,(H,36,37). The number of hydrogen-bond acceptors (Lipinski definition) is 9. The molecule has 0 radical (unpaired) electrons. The molecule has 0 fully saturated rings.